The number of thiazole rings is 1. The monoisotopic (exact) mass is 670 g/mol. The summed E-state index contributed by atoms with van der Waals surface area (Å²) >= 11 is 6.30. The number of thioether (sulfide) groups is 1. The van der Waals surface area contributed by atoms with Crippen molar-refractivity contribution in [2.75, 3.05) is 10.6 Å². The number of anilines is 2. The van der Waals surface area contributed by atoms with Crippen LogP contribution < -0.4 is 16.0 Å². The Kier molecular flexibility index (Phi) is 9.71. The molecule has 43 heavy (non-hydrogen) atoms. The van der Waals surface area contributed by atoms with Gasteiger partial charge in [-0.3, -0.25) is 14.4 Å². The van der Waals surface area contributed by atoms with Crippen LogP contribution >= 0.6 is 39.0 Å². The summed E-state index contributed by atoms with van der Waals surface area (Å²) in [5.41, 5.74) is 3.83. The molecule has 0 aliphatic rings. The summed E-state index contributed by atoms with van der Waals surface area (Å²) in [7, 11) is 0. The summed E-state index contributed by atoms with van der Waals surface area (Å²) in [5, 5.41) is 8.72. The van der Waals surface area contributed by atoms with E-state index in [1.165, 1.54) is 23.1 Å². The fraction of sp³-hybridized carbons (Fsp3) is 0.0909. The number of nitrogens with zero attached hydrogens (tertiary/aromatic N) is 1. The minimum absolute atomic E-state index is 0.0979. The zero-order chi connectivity index (χ0) is 30.3. The SMILES string of the molecule is Cc1ccc2nc(NC(=O)C(C)Sc3ccc(NC(=O)/C(=C/c4cccc(Br)c4)NC(=O)c4ccccc4)cc3)sc2c1. The van der Waals surface area contributed by atoms with Crippen molar-refractivity contribution in [2.24, 2.45) is 0 Å². The summed E-state index contributed by atoms with van der Waals surface area (Å²) in [6, 6.07) is 29.3. The lowest BCUT2D eigenvalue weighted by molar-refractivity contribution is -0.115. The highest BCUT2D eigenvalue weighted by Crippen LogP contribution is 2.29. The number of carbonyl (C=O) groups is 3. The third-order valence-electron chi connectivity index (χ3n) is 6.26. The van der Waals surface area contributed by atoms with Gasteiger partial charge in [-0.15, -0.1) is 11.8 Å². The molecule has 216 valence electrons. The molecule has 0 saturated carbocycles. The van der Waals surface area contributed by atoms with Gasteiger partial charge in [-0.2, -0.15) is 0 Å². The Labute approximate surface area is 265 Å². The molecule has 0 spiro atoms. The number of amides is 3. The summed E-state index contributed by atoms with van der Waals surface area (Å²) < 4.78 is 1.88. The maximum absolute atomic E-state index is 13.3. The fourth-order valence-electron chi connectivity index (χ4n) is 4.07. The van der Waals surface area contributed by atoms with Crippen LogP contribution in [0.3, 0.4) is 0 Å². The number of hydrogen-bond acceptors (Lipinski definition) is 6. The molecule has 0 aliphatic carbocycles. The predicted octanol–water partition coefficient (Wildman–Crippen LogP) is 7.90. The molecule has 1 unspecified atom stereocenters. The lowest BCUT2D eigenvalue weighted by Crippen LogP contribution is -2.30. The van der Waals surface area contributed by atoms with Crippen molar-refractivity contribution < 1.29 is 14.4 Å². The molecule has 0 bridgehead atoms. The number of aromatic nitrogens is 1. The van der Waals surface area contributed by atoms with E-state index in [2.05, 4.69) is 42.9 Å². The van der Waals surface area contributed by atoms with Gasteiger partial charge in [0.25, 0.3) is 11.8 Å². The second-order valence-corrected chi connectivity index (χ2v) is 13.0. The van der Waals surface area contributed by atoms with Crippen molar-refractivity contribution in [1.29, 1.82) is 0 Å². The number of hydrogen-bond donors (Lipinski definition) is 3. The number of halogens is 1. The van der Waals surface area contributed by atoms with Crippen molar-refractivity contribution in [3.63, 3.8) is 0 Å². The van der Waals surface area contributed by atoms with Gasteiger partial charge in [-0.1, -0.05) is 63.7 Å². The molecule has 5 aromatic rings. The molecule has 10 heteroatoms. The fourth-order valence-corrected chi connectivity index (χ4v) is 6.32. The topological polar surface area (TPSA) is 100 Å². The molecular formula is C33H27BrN4O3S2. The smallest absolute Gasteiger partial charge is 0.272 e. The third kappa shape index (κ3) is 8.19. The van der Waals surface area contributed by atoms with E-state index in [-0.39, 0.29) is 16.9 Å². The number of carbonyl (C=O) groups excluding carboxylic acids is 3. The molecular weight excluding hydrogens is 644 g/mol. The first-order valence-electron chi connectivity index (χ1n) is 13.3. The van der Waals surface area contributed by atoms with Gasteiger partial charge in [-0.05, 0) is 91.7 Å². The van der Waals surface area contributed by atoms with Crippen LogP contribution in [0, 0.1) is 6.92 Å². The molecule has 3 amide bonds. The van der Waals surface area contributed by atoms with Crippen LogP contribution in [-0.2, 0) is 9.59 Å². The predicted molar refractivity (Wildman–Crippen MR) is 179 cm³/mol. The number of fused-ring (bicyclic) bond motifs is 1. The first-order chi connectivity index (χ1) is 20.7. The van der Waals surface area contributed by atoms with E-state index in [0.717, 1.165) is 30.7 Å². The summed E-state index contributed by atoms with van der Waals surface area (Å²) in [5.74, 6) is -1.00. The second kappa shape index (κ2) is 13.8. The van der Waals surface area contributed by atoms with E-state index < -0.39 is 11.8 Å². The summed E-state index contributed by atoms with van der Waals surface area (Å²) in [6.45, 7) is 3.86. The molecule has 1 heterocycles. The van der Waals surface area contributed by atoms with Gasteiger partial charge >= 0.3 is 0 Å². The van der Waals surface area contributed by atoms with E-state index in [1.54, 1.807) is 42.5 Å². The van der Waals surface area contributed by atoms with Crippen molar-refractivity contribution >= 4 is 83.9 Å². The lowest BCUT2D eigenvalue weighted by atomic mass is 10.1. The molecule has 4 aromatic carbocycles. The first kappa shape index (κ1) is 30.2. The Morgan fingerprint density at radius 3 is 2.42 bits per heavy atom. The van der Waals surface area contributed by atoms with Crippen LogP contribution in [0.1, 0.15) is 28.4 Å². The van der Waals surface area contributed by atoms with Crippen LogP contribution in [0.4, 0.5) is 10.8 Å². The highest BCUT2D eigenvalue weighted by atomic mass is 79.9. The molecule has 5 rings (SSSR count). The van der Waals surface area contributed by atoms with Crippen LogP contribution in [0.5, 0.6) is 0 Å². The van der Waals surface area contributed by atoms with Gasteiger partial charge in [0.2, 0.25) is 5.91 Å². The van der Waals surface area contributed by atoms with Crippen LogP contribution in [0.15, 0.2) is 112 Å². The quantitative estimate of drug-likeness (QED) is 0.109. The minimum Gasteiger partial charge on any atom is -0.321 e. The van der Waals surface area contributed by atoms with Crippen LogP contribution in [-0.4, -0.2) is 28.0 Å². The van der Waals surface area contributed by atoms with Crippen LogP contribution in [0.25, 0.3) is 16.3 Å². The van der Waals surface area contributed by atoms with E-state index in [1.807, 2.05) is 68.4 Å². The number of aryl methyl sites for hydroxylation is 1. The Bertz CT molecular complexity index is 1820. The molecule has 0 fully saturated rings. The third-order valence-corrected chi connectivity index (χ3v) is 8.80. The lowest BCUT2D eigenvalue weighted by Gasteiger charge is -2.13. The van der Waals surface area contributed by atoms with Gasteiger partial charge in [-0.25, -0.2) is 4.98 Å². The molecule has 0 saturated heterocycles. The molecule has 1 atom stereocenters. The Balaban J connectivity index is 1.23. The van der Waals surface area contributed by atoms with Crippen molar-refractivity contribution in [3.8, 4) is 0 Å². The van der Waals surface area contributed by atoms with Gasteiger partial charge in [0.1, 0.15) is 5.70 Å². The van der Waals surface area contributed by atoms with Crippen molar-refractivity contribution in [1.82, 2.24) is 10.3 Å². The summed E-state index contributed by atoms with van der Waals surface area (Å²) in [6.07, 6.45) is 1.62. The number of nitrogens with one attached hydrogen (secondary N) is 3. The van der Waals surface area contributed by atoms with E-state index >= 15 is 0 Å². The molecule has 0 radical (unpaired) electrons. The molecule has 3 N–H and O–H groups in total. The Morgan fingerprint density at radius 2 is 1.67 bits per heavy atom. The average molecular weight is 672 g/mol. The van der Waals surface area contributed by atoms with E-state index in [4.69, 9.17) is 0 Å². The standard InChI is InChI=1S/C33H27BrN4O3S2/c1-20-11-16-27-29(17-20)43-33(37-27)38-30(39)21(2)42-26-14-12-25(13-15-26)35-32(41)28(19-22-7-6-10-24(34)18-22)36-31(40)23-8-4-3-5-9-23/h3-19,21H,1-2H3,(H,35,41)(H,36,40)(H,37,38,39)/b28-19-. The highest BCUT2D eigenvalue weighted by Gasteiger charge is 2.18. The molecule has 0 aliphatic heterocycles. The minimum atomic E-state index is -0.469. The largest absolute Gasteiger partial charge is 0.321 e. The zero-order valence-electron chi connectivity index (χ0n) is 23.3. The van der Waals surface area contributed by atoms with Gasteiger partial charge in [0.05, 0.1) is 15.5 Å². The van der Waals surface area contributed by atoms with Gasteiger partial charge < -0.3 is 16.0 Å². The van der Waals surface area contributed by atoms with E-state index in [9.17, 15) is 14.4 Å². The van der Waals surface area contributed by atoms with Crippen molar-refractivity contribution in [3.05, 3.63) is 124 Å². The Hall–Kier alpha value is -4.25. The zero-order valence-corrected chi connectivity index (χ0v) is 26.5. The molecule has 1 aromatic heterocycles. The second-order valence-electron chi connectivity index (χ2n) is 9.65. The normalized spacial score (nSPS) is 12.0. The molecule has 7 nitrogen and oxygen atoms in total. The number of benzene rings is 4. The van der Waals surface area contributed by atoms with Crippen LogP contribution in [0.2, 0.25) is 0 Å². The maximum atomic E-state index is 13.3. The number of rotatable bonds is 9. The van der Waals surface area contributed by atoms with Gasteiger partial charge in [0.15, 0.2) is 5.13 Å². The van der Waals surface area contributed by atoms with Gasteiger partial charge in [0, 0.05) is 20.6 Å². The van der Waals surface area contributed by atoms with E-state index in [0.29, 0.717) is 16.4 Å². The Morgan fingerprint density at radius 1 is 0.907 bits per heavy atom. The summed E-state index contributed by atoms with van der Waals surface area (Å²) in [4.78, 5) is 44.4. The average Bonchev–Trinajstić information content (AvgIpc) is 3.39. The first-order valence-corrected chi connectivity index (χ1v) is 15.8. The highest BCUT2D eigenvalue weighted by molar-refractivity contribution is 9.10. The van der Waals surface area contributed by atoms with Crippen molar-refractivity contribution in [2.45, 2.75) is 24.0 Å². The maximum Gasteiger partial charge on any atom is 0.272 e.